The first-order chi connectivity index (χ1) is 12.9. The largest absolute Gasteiger partial charge is 0.493 e. The molecule has 0 fully saturated rings. The summed E-state index contributed by atoms with van der Waals surface area (Å²) in [4.78, 5) is 16.8. The van der Waals surface area contributed by atoms with E-state index in [4.69, 9.17) is 10.5 Å². The van der Waals surface area contributed by atoms with E-state index in [1.54, 1.807) is 18.2 Å². The van der Waals surface area contributed by atoms with Gasteiger partial charge in [-0.05, 0) is 42.7 Å². The van der Waals surface area contributed by atoms with E-state index in [1.165, 1.54) is 15.6 Å². The third-order valence-corrected chi connectivity index (χ3v) is 7.63. The van der Waals surface area contributed by atoms with Gasteiger partial charge < -0.3 is 10.5 Å². The molecule has 1 aromatic heterocycles. The van der Waals surface area contributed by atoms with Crippen molar-refractivity contribution < 1.29 is 17.9 Å². The molecule has 2 aromatic rings. The molecule has 1 aromatic carbocycles. The SMILES string of the molecule is Cc1sc(C(N)=O)nc1C1=CCN(S(=O)(=O)c2ccc3c(c2)CCO3)CC1. The summed E-state index contributed by atoms with van der Waals surface area (Å²) in [5, 5.41) is 0.277. The fourth-order valence-corrected chi connectivity index (χ4v) is 5.59. The van der Waals surface area contributed by atoms with Crippen LogP contribution in [0.4, 0.5) is 0 Å². The Labute approximate surface area is 161 Å². The zero-order valence-electron chi connectivity index (χ0n) is 14.8. The molecule has 7 nitrogen and oxygen atoms in total. The maximum Gasteiger partial charge on any atom is 0.277 e. The molecule has 2 N–H and O–H groups in total. The molecule has 0 bridgehead atoms. The van der Waals surface area contributed by atoms with Crippen LogP contribution in [0.5, 0.6) is 5.75 Å². The van der Waals surface area contributed by atoms with Gasteiger partial charge in [0.15, 0.2) is 5.01 Å². The summed E-state index contributed by atoms with van der Waals surface area (Å²) in [7, 11) is -3.57. The van der Waals surface area contributed by atoms with E-state index >= 15 is 0 Å². The molecule has 2 aliphatic rings. The molecule has 1 amide bonds. The molecule has 0 atom stereocenters. The summed E-state index contributed by atoms with van der Waals surface area (Å²) >= 11 is 1.26. The number of fused-ring (bicyclic) bond motifs is 1. The number of hydrogen-bond acceptors (Lipinski definition) is 6. The van der Waals surface area contributed by atoms with E-state index in [2.05, 4.69) is 4.98 Å². The number of sulfonamides is 1. The monoisotopic (exact) mass is 405 g/mol. The van der Waals surface area contributed by atoms with Gasteiger partial charge in [0, 0.05) is 24.4 Å². The molecule has 0 spiro atoms. The number of ether oxygens (including phenoxy) is 1. The number of aromatic nitrogens is 1. The summed E-state index contributed by atoms with van der Waals surface area (Å²) in [6, 6.07) is 5.04. The van der Waals surface area contributed by atoms with Gasteiger partial charge in [0.1, 0.15) is 5.75 Å². The highest BCUT2D eigenvalue weighted by molar-refractivity contribution is 7.89. The fourth-order valence-electron chi connectivity index (χ4n) is 3.36. The molecule has 4 rings (SSSR count). The standard InChI is InChI=1S/C18H19N3O4S2/c1-11-16(20-18(26-11)17(19)22)12-4-7-21(8-5-12)27(23,24)14-2-3-15-13(10-14)6-9-25-15/h2-4,10H,5-9H2,1H3,(H2,19,22). The molecule has 0 saturated heterocycles. The quantitative estimate of drug-likeness (QED) is 0.838. The summed E-state index contributed by atoms with van der Waals surface area (Å²) < 4.78 is 32.9. The molecule has 0 unspecified atom stereocenters. The second kappa shape index (κ2) is 6.74. The van der Waals surface area contributed by atoms with Crippen molar-refractivity contribution in [3.05, 3.63) is 45.4 Å². The highest BCUT2D eigenvalue weighted by Gasteiger charge is 2.29. The van der Waals surface area contributed by atoms with Gasteiger partial charge >= 0.3 is 0 Å². The number of carbonyl (C=O) groups excluding carboxylic acids is 1. The van der Waals surface area contributed by atoms with Gasteiger partial charge in [-0.15, -0.1) is 11.3 Å². The van der Waals surface area contributed by atoms with Crippen molar-refractivity contribution in [2.75, 3.05) is 19.7 Å². The van der Waals surface area contributed by atoms with Crippen LogP contribution in [-0.4, -0.2) is 43.3 Å². The highest BCUT2D eigenvalue weighted by Crippen LogP contribution is 2.32. The van der Waals surface area contributed by atoms with Gasteiger partial charge in [0.2, 0.25) is 10.0 Å². The maximum atomic E-state index is 13.0. The maximum absolute atomic E-state index is 13.0. The molecule has 0 aliphatic carbocycles. The summed E-state index contributed by atoms with van der Waals surface area (Å²) in [6.07, 6.45) is 3.13. The minimum atomic E-state index is -3.57. The number of hydrogen-bond donors (Lipinski definition) is 1. The van der Waals surface area contributed by atoms with Crippen molar-refractivity contribution in [2.24, 2.45) is 5.73 Å². The number of nitrogens with zero attached hydrogens (tertiary/aromatic N) is 2. The number of thiazole rings is 1. The number of benzene rings is 1. The second-order valence-electron chi connectivity index (χ2n) is 6.50. The molecule has 3 heterocycles. The van der Waals surface area contributed by atoms with Crippen LogP contribution in [0.3, 0.4) is 0 Å². The van der Waals surface area contributed by atoms with Crippen molar-refractivity contribution in [3.8, 4) is 5.75 Å². The number of primary amides is 1. The number of amides is 1. The van der Waals surface area contributed by atoms with Crippen LogP contribution in [0.1, 0.15) is 32.4 Å². The van der Waals surface area contributed by atoms with E-state index < -0.39 is 15.9 Å². The van der Waals surface area contributed by atoms with Crippen molar-refractivity contribution in [1.82, 2.24) is 9.29 Å². The third-order valence-electron chi connectivity index (χ3n) is 4.78. The zero-order valence-corrected chi connectivity index (χ0v) is 16.4. The van der Waals surface area contributed by atoms with Crippen molar-refractivity contribution in [1.29, 1.82) is 0 Å². The minimum absolute atomic E-state index is 0.272. The van der Waals surface area contributed by atoms with Gasteiger partial charge in [-0.2, -0.15) is 4.31 Å². The minimum Gasteiger partial charge on any atom is -0.493 e. The van der Waals surface area contributed by atoms with E-state index in [0.717, 1.165) is 33.9 Å². The van der Waals surface area contributed by atoms with Crippen LogP contribution in [0.15, 0.2) is 29.2 Å². The van der Waals surface area contributed by atoms with E-state index in [0.29, 0.717) is 24.5 Å². The van der Waals surface area contributed by atoms with Crippen LogP contribution < -0.4 is 10.5 Å². The Hall–Kier alpha value is -2.23. The summed E-state index contributed by atoms with van der Waals surface area (Å²) in [5.41, 5.74) is 7.92. The lowest BCUT2D eigenvalue weighted by Gasteiger charge is -2.25. The van der Waals surface area contributed by atoms with E-state index in [9.17, 15) is 13.2 Å². The van der Waals surface area contributed by atoms with Gasteiger partial charge in [-0.25, -0.2) is 13.4 Å². The number of carbonyl (C=O) groups is 1. The lowest BCUT2D eigenvalue weighted by Crippen LogP contribution is -2.34. The van der Waals surface area contributed by atoms with Crippen LogP contribution >= 0.6 is 11.3 Å². The topological polar surface area (TPSA) is 103 Å². The van der Waals surface area contributed by atoms with Crippen LogP contribution in [0.2, 0.25) is 0 Å². The molecule has 9 heteroatoms. The molecule has 27 heavy (non-hydrogen) atoms. The molecule has 0 radical (unpaired) electrons. The van der Waals surface area contributed by atoms with Crippen molar-refractivity contribution in [3.63, 3.8) is 0 Å². The molecule has 0 saturated carbocycles. The van der Waals surface area contributed by atoms with Gasteiger partial charge in [0.05, 0.1) is 17.2 Å². The smallest absolute Gasteiger partial charge is 0.277 e. The summed E-state index contributed by atoms with van der Waals surface area (Å²) in [5.74, 6) is 0.217. The predicted octanol–water partition coefficient (Wildman–Crippen LogP) is 1.96. The Morgan fingerprint density at radius 3 is 2.81 bits per heavy atom. The lowest BCUT2D eigenvalue weighted by atomic mass is 10.1. The molecular weight excluding hydrogens is 386 g/mol. The number of nitrogens with two attached hydrogens (primary N) is 1. The fraction of sp³-hybridized carbons (Fsp3) is 0.333. The third kappa shape index (κ3) is 3.26. The van der Waals surface area contributed by atoms with Gasteiger partial charge in [-0.3, -0.25) is 4.79 Å². The van der Waals surface area contributed by atoms with Crippen molar-refractivity contribution >= 4 is 32.8 Å². The molecule has 142 valence electrons. The average molecular weight is 406 g/mol. The zero-order chi connectivity index (χ0) is 19.2. The Balaban J connectivity index is 1.57. The average Bonchev–Trinajstić information content (AvgIpc) is 3.27. The second-order valence-corrected chi connectivity index (χ2v) is 9.64. The highest BCUT2D eigenvalue weighted by atomic mass is 32.2. The lowest BCUT2D eigenvalue weighted by molar-refractivity contribution is 0.1000. The van der Waals surface area contributed by atoms with E-state index in [1.807, 2.05) is 13.0 Å². The van der Waals surface area contributed by atoms with Crippen molar-refractivity contribution in [2.45, 2.75) is 24.7 Å². The predicted molar refractivity (Wildman–Crippen MR) is 102 cm³/mol. The number of rotatable bonds is 4. The Morgan fingerprint density at radius 2 is 2.15 bits per heavy atom. The number of aryl methyl sites for hydroxylation is 1. The van der Waals surface area contributed by atoms with Crippen LogP contribution in [-0.2, 0) is 16.4 Å². The van der Waals surface area contributed by atoms with Gasteiger partial charge in [0.25, 0.3) is 5.91 Å². The Kier molecular flexibility index (Phi) is 4.53. The first-order valence-electron chi connectivity index (χ1n) is 8.59. The first kappa shape index (κ1) is 18.1. The first-order valence-corrected chi connectivity index (χ1v) is 10.8. The molecule has 2 aliphatic heterocycles. The van der Waals surface area contributed by atoms with Crippen LogP contribution in [0.25, 0.3) is 5.57 Å². The summed E-state index contributed by atoms with van der Waals surface area (Å²) in [6.45, 7) is 3.11. The van der Waals surface area contributed by atoms with E-state index in [-0.39, 0.29) is 11.6 Å². The van der Waals surface area contributed by atoms with Gasteiger partial charge in [-0.1, -0.05) is 6.08 Å². The Bertz CT molecular complexity index is 1060. The molecular formula is C18H19N3O4S2. The Morgan fingerprint density at radius 1 is 1.33 bits per heavy atom. The van der Waals surface area contributed by atoms with Crippen LogP contribution in [0, 0.1) is 6.92 Å². The normalized spacial score (nSPS) is 17.3.